The van der Waals surface area contributed by atoms with E-state index in [4.69, 9.17) is 9.47 Å². The zero-order chi connectivity index (χ0) is 38.4. The molecule has 3 saturated heterocycles. The number of halogens is 3. The van der Waals surface area contributed by atoms with Crippen molar-refractivity contribution in [1.29, 1.82) is 0 Å². The largest absolute Gasteiger partial charge is 0.490 e. The summed E-state index contributed by atoms with van der Waals surface area (Å²) >= 11 is 0. The molecule has 1 unspecified atom stereocenters. The van der Waals surface area contributed by atoms with Crippen LogP contribution in [0.5, 0.6) is 5.75 Å². The molecule has 16 heteroatoms. The Hall–Kier alpha value is -4.57. The summed E-state index contributed by atoms with van der Waals surface area (Å²) in [6, 6.07) is 7.85. The summed E-state index contributed by atoms with van der Waals surface area (Å²) in [5.41, 5.74) is -2.52. The van der Waals surface area contributed by atoms with Crippen molar-refractivity contribution in [2.24, 2.45) is 23.7 Å². The molecule has 1 aromatic carbocycles. The molecule has 296 valence electrons. The number of ether oxygens (including phenoxy) is 2. The number of carbonyl (C=O) groups is 2. The second kappa shape index (κ2) is 13.3. The third kappa shape index (κ3) is 5.88. The van der Waals surface area contributed by atoms with Gasteiger partial charge >= 0.3 is 12.1 Å². The van der Waals surface area contributed by atoms with Crippen molar-refractivity contribution >= 4 is 29.5 Å². The standard InChI is InChI=1S/C40H45F3N8O5/c41-40(42,43)33-30(34(52)48-39(35(53)54)25-13-23-12-24(15-25)16-26(39)14-23)18-46-37(47-33)51-22-38(6-11-50(21-38)27-19-55-20-27)31-17-29(2-3-32(31)51)56-28-4-9-49(10-5-28)36-44-7-1-8-45-36/h1-3,7-8,17-18,23-28H,4-6,9-16,19-22H2,(H,48,52)(H,53,54). The minimum absolute atomic E-state index is 0.0239. The summed E-state index contributed by atoms with van der Waals surface area (Å²) in [4.78, 5) is 50.3. The van der Waals surface area contributed by atoms with Crippen LogP contribution in [0.2, 0.25) is 0 Å². The van der Waals surface area contributed by atoms with Crippen molar-refractivity contribution in [3.63, 3.8) is 0 Å². The summed E-state index contributed by atoms with van der Waals surface area (Å²) in [5.74, 6) is -0.904. The van der Waals surface area contributed by atoms with E-state index in [1.165, 1.54) is 0 Å². The normalized spacial score (nSPS) is 31.5. The number of carboxylic acids is 1. The fourth-order valence-corrected chi connectivity index (χ4v) is 11.4. The molecule has 56 heavy (non-hydrogen) atoms. The van der Waals surface area contributed by atoms with Gasteiger partial charge in [0, 0.05) is 68.7 Å². The van der Waals surface area contributed by atoms with Crippen LogP contribution in [0, 0.1) is 23.7 Å². The maximum absolute atomic E-state index is 14.9. The average Bonchev–Trinajstić information content (AvgIpc) is 3.72. The monoisotopic (exact) mass is 774 g/mol. The predicted molar refractivity (Wildman–Crippen MR) is 196 cm³/mol. The van der Waals surface area contributed by atoms with E-state index >= 15 is 0 Å². The SMILES string of the molecule is O=C(NC1(C(=O)O)C2CC3CC(C2)CC1C3)c1cnc(N2CC3(CCN(C4COC4)C3)c3cc(OC4CCN(c5ncccn5)CC4)ccc32)nc1C(F)(F)F. The molecular formula is C40H45F3N8O5. The third-order valence-electron chi connectivity index (χ3n) is 14.0. The number of likely N-dealkylation sites (tertiary alicyclic amines) is 1. The molecule has 3 aromatic rings. The van der Waals surface area contributed by atoms with Crippen molar-refractivity contribution in [1.82, 2.24) is 30.2 Å². The van der Waals surface area contributed by atoms with Gasteiger partial charge in [-0.05, 0) is 98.6 Å². The van der Waals surface area contributed by atoms with Gasteiger partial charge in [0.1, 0.15) is 17.4 Å². The molecule has 11 rings (SSSR count). The highest BCUT2D eigenvalue weighted by atomic mass is 19.4. The number of alkyl halides is 3. The Morgan fingerprint density at radius 1 is 0.929 bits per heavy atom. The molecule has 1 atom stereocenters. The number of carboxylic acid groups (broad SMARTS) is 1. The van der Waals surface area contributed by atoms with Gasteiger partial charge in [-0.15, -0.1) is 0 Å². The van der Waals surface area contributed by atoms with Crippen molar-refractivity contribution in [2.75, 3.05) is 55.7 Å². The van der Waals surface area contributed by atoms with Crippen LogP contribution in [0.4, 0.5) is 30.8 Å². The van der Waals surface area contributed by atoms with Crippen LogP contribution in [0.1, 0.15) is 73.0 Å². The third-order valence-corrected chi connectivity index (χ3v) is 14.0. The number of hydrogen-bond acceptors (Lipinski definition) is 11. The number of nitrogens with one attached hydrogen (secondary N) is 1. The molecule has 7 fully saturated rings. The maximum atomic E-state index is 14.9. The Balaban J connectivity index is 0.940. The highest BCUT2D eigenvalue weighted by Crippen LogP contribution is 2.58. The number of aliphatic carboxylic acids is 1. The van der Waals surface area contributed by atoms with Crippen LogP contribution < -0.4 is 19.9 Å². The molecule has 2 aromatic heterocycles. The molecule has 8 aliphatic rings. The second-order valence-corrected chi connectivity index (χ2v) is 17.2. The van der Waals surface area contributed by atoms with Gasteiger partial charge in [-0.1, -0.05) is 0 Å². The minimum atomic E-state index is -5.00. The molecule has 0 radical (unpaired) electrons. The van der Waals surface area contributed by atoms with E-state index in [-0.39, 0.29) is 23.9 Å². The first-order chi connectivity index (χ1) is 27.0. The van der Waals surface area contributed by atoms with Crippen molar-refractivity contribution in [2.45, 2.75) is 80.6 Å². The smallest absolute Gasteiger partial charge is 0.434 e. The lowest BCUT2D eigenvalue weighted by molar-refractivity contribution is -0.163. The van der Waals surface area contributed by atoms with E-state index in [0.717, 1.165) is 57.1 Å². The lowest BCUT2D eigenvalue weighted by atomic mass is 9.48. The van der Waals surface area contributed by atoms with Crippen LogP contribution in [-0.2, 0) is 21.1 Å². The lowest BCUT2D eigenvalue weighted by Crippen LogP contribution is -2.70. The Morgan fingerprint density at radius 3 is 2.29 bits per heavy atom. The second-order valence-electron chi connectivity index (χ2n) is 17.2. The number of rotatable bonds is 8. The molecule has 1 amide bonds. The molecular weight excluding hydrogens is 729 g/mol. The molecule has 4 aliphatic heterocycles. The van der Waals surface area contributed by atoms with Gasteiger partial charge in [0.15, 0.2) is 5.69 Å². The van der Waals surface area contributed by atoms with E-state index < -0.39 is 40.3 Å². The van der Waals surface area contributed by atoms with E-state index in [2.05, 4.69) is 35.1 Å². The quantitative estimate of drug-likeness (QED) is 0.323. The Kier molecular flexibility index (Phi) is 8.48. The van der Waals surface area contributed by atoms with Gasteiger partial charge in [-0.3, -0.25) is 9.69 Å². The molecule has 6 heterocycles. The van der Waals surface area contributed by atoms with Crippen LogP contribution in [0.15, 0.2) is 42.9 Å². The van der Waals surface area contributed by atoms with E-state index in [1.54, 1.807) is 23.4 Å². The van der Waals surface area contributed by atoms with E-state index in [9.17, 15) is 27.9 Å². The molecule has 4 bridgehead atoms. The highest BCUT2D eigenvalue weighted by Gasteiger charge is 2.62. The maximum Gasteiger partial charge on any atom is 0.434 e. The van der Waals surface area contributed by atoms with Crippen molar-refractivity contribution in [3.8, 4) is 5.75 Å². The minimum Gasteiger partial charge on any atom is -0.490 e. The Morgan fingerprint density at radius 2 is 1.64 bits per heavy atom. The zero-order valence-corrected chi connectivity index (χ0v) is 31.0. The summed E-state index contributed by atoms with van der Waals surface area (Å²) in [7, 11) is 0. The molecule has 4 saturated carbocycles. The predicted octanol–water partition coefficient (Wildman–Crippen LogP) is 4.84. The van der Waals surface area contributed by atoms with Gasteiger partial charge < -0.3 is 29.7 Å². The number of hydrogen-bond donors (Lipinski definition) is 2. The number of aromatic nitrogens is 4. The van der Waals surface area contributed by atoms with Gasteiger partial charge in [0.25, 0.3) is 5.91 Å². The van der Waals surface area contributed by atoms with Crippen LogP contribution in [0.3, 0.4) is 0 Å². The fourth-order valence-electron chi connectivity index (χ4n) is 11.4. The number of benzene rings is 1. The van der Waals surface area contributed by atoms with Crippen LogP contribution in [-0.4, -0.2) is 105 Å². The lowest BCUT2D eigenvalue weighted by Gasteiger charge is -2.59. The van der Waals surface area contributed by atoms with Crippen LogP contribution in [0.25, 0.3) is 0 Å². The molecule has 1 spiro atoms. The topological polar surface area (TPSA) is 146 Å². The van der Waals surface area contributed by atoms with Crippen molar-refractivity contribution in [3.05, 3.63) is 59.7 Å². The summed E-state index contributed by atoms with van der Waals surface area (Å²) in [6.07, 6.45) is 5.37. The zero-order valence-electron chi connectivity index (χ0n) is 31.0. The number of anilines is 3. The first-order valence-corrected chi connectivity index (χ1v) is 19.9. The number of amides is 1. The number of piperidine rings is 1. The van der Waals surface area contributed by atoms with E-state index in [1.807, 2.05) is 18.2 Å². The van der Waals surface area contributed by atoms with Gasteiger partial charge in [0.2, 0.25) is 11.9 Å². The van der Waals surface area contributed by atoms with Gasteiger partial charge in [0.05, 0.1) is 24.8 Å². The fraction of sp³-hybridized carbons (Fsp3) is 0.600. The molecule has 4 aliphatic carbocycles. The van der Waals surface area contributed by atoms with Crippen molar-refractivity contribution < 1.29 is 37.3 Å². The van der Waals surface area contributed by atoms with E-state index in [0.29, 0.717) is 87.2 Å². The number of fused-ring (bicyclic) bond motifs is 2. The summed E-state index contributed by atoms with van der Waals surface area (Å²) in [5, 5.41) is 13.2. The highest BCUT2D eigenvalue weighted by molar-refractivity contribution is 5.99. The first-order valence-electron chi connectivity index (χ1n) is 19.9. The van der Waals surface area contributed by atoms with Crippen LogP contribution >= 0.6 is 0 Å². The van der Waals surface area contributed by atoms with Gasteiger partial charge in [-0.25, -0.2) is 24.7 Å². The molecule has 13 nitrogen and oxygen atoms in total. The van der Waals surface area contributed by atoms with Gasteiger partial charge in [-0.2, -0.15) is 13.2 Å². The average molecular weight is 775 g/mol. The summed E-state index contributed by atoms with van der Waals surface area (Å²) < 4.78 is 56.8. The Bertz CT molecular complexity index is 2000. The summed E-state index contributed by atoms with van der Waals surface area (Å²) in [6.45, 7) is 4.66. The Labute approximate surface area is 322 Å². The molecule has 2 N–H and O–H groups in total. The number of nitrogens with zero attached hydrogens (tertiary/aromatic N) is 7. The first kappa shape index (κ1) is 35.8. The number of carbonyl (C=O) groups excluding carboxylic acids is 1.